The highest BCUT2D eigenvalue weighted by atomic mass is 16.2. The van der Waals surface area contributed by atoms with Crippen LogP contribution in [0.4, 0.5) is 5.69 Å². The van der Waals surface area contributed by atoms with Crippen LogP contribution in [-0.2, 0) is 16.1 Å². The molecule has 1 aliphatic carbocycles. The number of carbonyl (C=O) groups excluding carboxylic acids is 2. The van der Waals surface area contributed by atoms with E-state index in [0.29, 0.717) is 13.0 Å². The van der Waals surface area contributed by atoms with Gasteiger partial charge >= 0.3 is 0 Å². The van der Waals surface area contributed by atoms with E-state index in [1.165, 1.54) is 0 Å². The minimum atomic E-state index is -0.168. The Morgan fingerprint density at radius 3 is 2.55 bits per heavy atom. The van der Waals surface area contributed by atoms with Gasteiger partial charge in [0.1, 0.15) is 5.78 Å². The highest BCUT2D eigenvalue weighted by Gasteiger charge is 2.34. The lowest BCUT2D eigenvalue weighted by Crippen LogP contribution is -2.32. The molecule has 0 aromatic heterocycles. The quantitative estimate of drug-likeness (QED) is 0.564. The third-order valence-corrected chi connectivity index (χ3v) is 5.65. The molecule has 2 aromatic rings. The van der Waals surface area contributed by atoms with Gasteiger partial charge in [-0.2, -0.15) is 0 Å². The van der Waals surface area contributed by atoms with Gasteiger partial charge in [0.25, 0.3) is 0 Å². The van der Waals surface area contributed by atoms with Crippen molar-refractivity contribution in [1.82, 2.24) is 5.01 Å². The van der Waals surface area contributed by atoms with Gasteiger partial charge in [-0.25, -0.2) is 5.01 Å². The normalized spacial score (nSPS) is 18.7. The van der Waals surface area contributed by atoms with Crippen LogP contribution in [0, 0.1) is 11.3 Å². The summed E-state index contributed by atoms with van der Waals surface area (Å²) in [6, 6.07) is 16.0. The molecule has 1 atom stereocenters. The molecular formula is C24H31N3O2. The number of ketones is 1. The fraction of sp³-hybridized carbons (Fsp3) is 0.417. The van der Waals surface area contributed by atoms with Crippen molar-refractivity contribution in [2.75, 3.05) is 12.4 Å². The van der Waals surface area contributed by atoms with Crippen LogP contribution in [0.1, 0.15) is 45.1 Å². The van der Waals surface area contributed by atoms with Crippen LogP contribution in [0.25, 0.3) is 11.1 Å². The van der Waals surface area contributed by atoms with Gasteiger partial charge in [-0.15, -0.1) is 0 Å². The van der Waals surface area contributed by atoms with Crippen molar-refractivity contribution in [3.63, 3.8) is 0 Å². The van der Waals surface area contributed by atoms with Gasteiger partial charge < -0.3 is 5.32 Å². The summed E-state index contributed by atoms with van der Waals surface area (Å²) < 4.78 is 0. The van der Waals surface area contributed by atoms with Gasteiger partial charge in [0, 0.05) is 38.0 Å². The van der Waals surface area contributed by atoms with Crippen molar-refractivity contribution < 1.29 is 9.59 Å². The second-order valence-electron chi connectivity index (χ2n) is 8.93. The van der Waals surface area contributed by atoms with Crippen molar-refractivity contribution in [2.24, 2.45) is 17.2 Å². The number of benzene rings is 2. The Labute approximate surface area is 173 Å². The summed E-state index contributed by atoms with van der Waals surface area (Å²) in [6.07, 6.45) is 2.53. The molecule has 3 rings (SSSR count). The molecular weight excluding hydrogens is 362 g/mol. The first-order valence-electron chi connectivity index (χ1n) is 10.2. The molecule has 0 saturated heterocycles. The number of hydrogen-bond acceptors (Lipinski definition) is 4. The molecule has 1 saturated carbocycles. The molecule has 1 amide bonds. The number of rotatable bonds is 6. The minimum Gasteiger partial charge on any atom is -0.326 e. The van der Waals surface area contributed by atoms with Crippen molar-refractivity contribution in [3.8, 4) is 11.1 Å². The summed E-state index contributed by atoms with van der Waals surface area (Å²) in [4.78, 5) is 24.7. The monoisotopic (exact) mass is 393 g/mol. The largest absolute Gasteiger partial charge is 0.326 e. The van der Waals surface area contributed by atoms with Crippen molar-refractivity contribution in [1.29, 1.82) is 0 Å². The molecule has 0 radical (unpaired) electrons. The molecule has 5 nitrogen and oxygen atoms in total. The van der Waals surface area contributed by atoms with E-state index in [1.54, 1.807) is 5.01 Å². The highest BCUT2D eigenvalue weighted by Crippen LogP contribution is 2.38. The molecule has 154 valence electrons. The predicted molar refractivity (Wildman–Crippen MR) is 117 cm³/mol. The molecule has 1 unspecified atom stereocenters. The number of nitrogens with two attached hydrogens (primary N) is 1. The summed E-state index contributed by atoms with van der Waals surface area (Å²) in [6.45, 7) is 4.99. The van der Waals surface area contributed by atoms with E-state index in [1.807, 2.05) is 43.4 Å². The van der Waals surface area contributed by atoms with Gasteiger partial charge in [0.15, 0.2) is 0 Å². The molecule has 1 fully saturated rings. The van der Waals surface area contributed by atoms with Crippen LogP contribution in [0.2, 0.25) is 0 Å². The van der Waals surface area contributed by atoms with Crippen LogP contribution in [0.3, 0.4) is 0 Å². The van der Waals surface area contributed by atoms with Crippen molar-refractivity contribution in [2.45, 2.75) is 46.1 Å². The fourth-order valence-electron chi connectivity index (χ4n) is 4.11. The van der Waals surface area contributed by atoms with E-state index < -0.39 is 0 Å². The summed E-state index contributed by atoms with van der Waals surface area (Å²) >= 11 is 0. The second-order valence-corrected chi connectivity index (χ2v) is 8.93. The highest BCUT2D eigenvalue weighted by molar-refractivity contribution is 5.95. The molecule has 0 aliphatic heterocycles. The number of amides is 1. The Morgan fingerprint density at radius 1 is 1.17 bits per heavy atom. The first kappa shape index (κ1) is 21.2. The molecule has 3 N–H and O–H groups in total. The zero-order valence-electron chi connectivity index (χ0n) is 17.6. The SMILES string of the molecule is CN(N)Cc1ccccc1-c1ccc(NC(=O)CC2CC(C)(C)CCC2=O)cc1. The van der Waals surface area contributed by atoms with Gasteiger partial charge in [-0.1, -0.05) is 50.2 Å². The Morgan fingerprint density at radius 2 is 1.86 bits per heavy atom. The van der Waals surface area contributed by atoms with Crippen molar-refractivity contribution >= 4 is 17.4 Å². The number of nitrogens with zero attached hydrogens (tertiary/aromatic N) is 1. The van der Waals surface area contributed by atoms with E-state index in [2.05, 4.69) is 31.3 Å². The average Bonchev–Trinajstić information content (AvgIpc) is 2.65. The maximum Gasteiger partial charge on any atom is 0.225 e. The van der Waals surface area contributed by atoms with E-state index >= 15 is 0 Å². The zero-order chi connectivity index (χ0) is 21.0. The molecule has 1 aliphatic rings. The number of nitrogens with one attached hydrogen (secondary N) is 1. The first-order valence-corrected chi connectivity index (χ1v) is 10.2. The third-order valence-electron chi connectivity index (χ3n) is 5.65. The molecule has 2 aromatic carbocycles. The third kappa shape index (κ3) is 5.75. The predicted octanol–water partition coefficient (Wildman–Crippen LogP) is 4.38. The summed E-state index contributed by atoms with van der Waals surface area (Å²) in [7, 11) is 1.84. The number of hydrazine groups is 1. The number of anilines is 1. The summed E-state index contributed by atoms with van der Waals surface area (Å²) in [5.41, 5.74) is 4.22. The van der Waals surface area contributed by atoms with Crippen molar-refractivity contribution in [3.05, 3.63) is 54.1 Å². The summed E-state index contributed by atoms with van der Waals surface area (Å²) in [5.74, 6) is 5.77. The van der Waals surface area contributed by atoms with E-state index in [-0.39, 0.29) is 29.4 Å². The summed E-state index contributed by atoms with van der Waals surface area (Å²) in [5, 5.41) is 4.60. The van der Waals surface area contributed by atoms with Crippen LogP contribution in [0.15, 0.2) is 48.5 Å². The lowest BCUT2D eigenvalue weighted by atomic mass is 9.70. The van der Waals surface area contributed by atoms with Gasteiger partial charge in [-0.3, -0.25) is 15.4 Å². The lowest BCUT2D eigenvalue weighted by Gasteiger charge is -2.33. The Hall–Kier alpha value is -2.50. The maximum atomic E-state index is 12.5. The topological polar surface area (TPSA) is 75.4 Å². The Kier molecular flexibility index (Phi) is 6.50. The average molecular weight is 394 g/mol. The van der Waals surface area contributed by atoms with E-state index in [4.69, 9.17) is 5.84 Å². The minimum absolute atomic E-state index is 0.0982. The molecule has 0 heterocycles. The van der Waals surface area contributed by atoms with Crippen LogP contribution >= 0.6 is 0 Å². The number of carbonyl (C=O) groups is 2. The molecule has 0 spiro atoms. The standard InChI is InChI=1S/C24H31N3O2/c1-24(2)13-12-22(28)19(15-24)14-23(29)26-20-10-8-17(9-11-20)21-7-5-4-6-18(21)16-27(3)25/h4-11,19H,12-16,25H2,1-3H3,(H,26,29). The lowest BCUT2D eigenvalue weighted by molar-refractivity contribution is -0.130. The molecule has 5 heteroatoms. The Balaban J connectivity index is 1.65. The van der Waals surface area contributed by atoms with Crippen LogP contribution in [-0.4, -0.2) is 23.7 Å². The first-order chi connectivity index (χ1) is 13.7. The van der Waals surface area contributed by atoms with Gasteiger partial charge in [0.05, 0.1) is 0 Å². The second kappa shape index (κ2) is 8.89. The fourth-order valence-corrected chi connectivity index (χ4v) is 4.11. The molecule has 0 bridgehead atoms. The van der Waals surface area contributed by atoms with Crippen LogP contribution in [0.5, 0.6) is 0 Å². The molecule has 29 heavy (non-hydrogen) atoms. The Bertz CT molecular complexity index is 872. The number of Topliss-reactive ketones (excluding diaryl/α,β-unsaturated/α-hetero) is 1. The zero-order valence-corrected chi connectivity index (χ0v) is 17.6. The van der Waals surface area contributed by atoms with E-state index in [0.717, 1.165) is 35.2 Å². The number of hydrogen-bond donors (Lipinski definition) is 2. The van der Waals surface area contributed by atoms with Crippen LogP contribution < -0.4 is 11.2 Å². The smallest absolute Gasteiger partial charge is 0.225 e. The van der Waals surface area contributed by atoms with Gasteiger partial charge in [0.2, 0.25) is 5.91 Å². The van der Waals surface area contributed by atoms with Gasteiger partial charge in [-0.05, 0) is 47.1 Å². The maximum absolute atomic E-state index is 12.5. The van der Waals surface area contributed by atoms with E-state index in [9.17, 15) is 9.59 Å².